The number of nitrogens with zero attached hydrogens (tertiary/aromatic N) is 6. The molecule has 4 aromatic rings. The van der Waals surface area contributed by atoms with Gasteiger partial charge in [0.2, 0.25) is 0 Å². The number of nitrogens with two attached hydrogens (primary N) is 1. The molecule has 0 saturated heterocycles. The molecule has 196 valence electrons. The number of nitrogen functional groups attached to an aromatic ring is 1. The van der Waals surface area contributed by atoms with Gasteiger partial charge in [0.25, 0.3) is 5.91 Å². The maximum absolute atomic E-state index is 12.3. The van der Waals surface area contributed by atoms with Gasteiger partial charge in [-0.2, -0.15) is 5.10 Å². The number of fused-ring (bicyclic) bond motifs is 1. The van der Waals surface area contributed by atoms with Crippen molar-refractivity contribution in [3.8, 4) is 28.7 Å². The van der Waals surface area contributed by atoms with Crippen molar-refractivity contribution in [2.75, 3.05) is 33.0 Å². The molecule has 0 fully saturated rings. The maximum Gasteiger partial charge on any atom is 0.271 e. The number of aromatic nitrogens is 5. The first-order valence-corrected chi connectivity index (χ1v) is 12.3. The number of aliphatic hydroxyl groups excluding tert-OH is 1. The number of hydrogen-bond acceptors (Lipinski definition) is 8. The molecule has 0 saturated carbocycles. The van der Waals surface area contributed by atoms with Crippen LogP contribution < -0.4 is 10.5 Å². The molecule has 4 rings (SSSR count). The second-order valence-electron chi connectivity index (χ2n) is 8.73. The van der Waals surface area contributed by atoms with Gasteiger partial charge in [-0.1, -0.05) is 23.6 Å². The van der Waals surface area contributed by atoms with Crippen molar-refractivity contribution < 1.29 is 14.6 Å². The lowest BCUT2D eigenvalue weighted by molar-refractivity contribution is 0.0822. The molecule has 0 aliphatic carbocycles. The highest BCUT2D eigenvalue weighted by Crippen LogP contribution is 2.43. The van der Waals surface area contributed by atoms with Crippen LogP contribution in [0.1, 0.15) is 47.2 Å². The lowest BCUT2D eigenvalue weighted by Gasteiger charge is -2.23. The monoisotopic (exact) mass is 533 g/mol. The Hall–Kier alpha value is -4.20. The Morgan fingerprint density at radius 2 is 2.05 bits per heavy atom. The number of carbonyl (C=O) groups excluding carboxylic acids is 1. The normalized spacial score (nSPS) is 11.7. The predicted molar refractivity (Wildman–Crippen MR) is 146 cm³/mol. The lowest BCUT2D eigenvalue weighted by Crippen LogP contribution is -2.22. The Bertz CT molecular complexity index is 1570. The van der Waals surface area contributed by atoms with Gasteiger partial charge in [-0.05, 0) is 44.4 Å². The van der Waals surface area contributed by atoms with E-state index in [2.05, 4.69) is 31.9 Å². The summed E-state index contributed by atoms with van der Waals surface area (Å²) < 4.78 is 7.90. The van der Waals surface area contributed by atoms with E-state index in [0.29, 0.717) is 39.8 Å². The number of halogens is 1. The van der Waals surface area contributed by atoms with Crippen LogP contribution in [0, 0.1) is 18.8 Å². The van der Waals surface area contributed by atoms with E-state index in [9.17, 15) is 9.90 Å². The van der Waals surface area contributed by atoms with Crippen molar-refractivity contribution in [3.05, 3.63) is 58.3 Å². The van der Waals surface area contributed by atoms with Crippen molar-refractivity contribution in [3.63, 3.8) is 0 Å². The number of carbonyl (C=O) groups is 1. The van der Waals surface area contributed by atoms with Crippen LogP contribution in [-0.2, 0) is 0 Å². The average molecular weight is 534 g/mol. The van der Waals surface area contributed by atoms with E-state index in [1.54, 1.807) is 31.0 Å². The Labute approximate surface area is 225 Å². The molecule has 0 aliphatic rings. The van der Waals surface area contributed by atoms with Gasteiger partial charge in [0, 0.05) is 42.0 Å². The van der Waals surface area contributed by atoms with E-state index in [1.807, 2.05) is 32.9 Å². The summed E-state index contributed by atoms with van der Waals surface area (Å²) in [7, 11) is 3.36. The van der Waals surface area contributed by atoms with Crippen molar-refractivity contribution >= 4 is 34.4 Å². The van der Waals surface area contributed by atoms with Crippen LogP contribution in [0.5, 0.6) is 5.75 Å². The molecule has 1 unspecified atom stereocenters. The number of anilines is 1. The zero-order chi connectivity index (χ0) is 27.6. The quantitative estimate of drug-likeness (QED) is 0.360. The Kier molecular flexibility index (Phi) is 7.80. The number of hydrogen-bond donors (Lipinski definition) is 2. The molecule has 0 spiro atoms. The molecule has 3 aromatic heterocycles. The largest absolute Gasteiger partial charge is 0.493 e. The Morgan fingerprint density at radius 1 is 1.29 bits per heavy atom. The van der Waals surface area contributed by atoms with Gasteiger partial charge < -0.3 is 20.5 Å². The smallest absolute Gasteiger partial charge is 0.271 e. The van der Waals surface area contributed by atoms with Crippen LogP contribution in [0.2, 0.25) is 5.02 Å². The first-order valence-electron chi connectivity index (χ1n) is 11.9. The SMILES string of the molecule is CCOc1c(C(C)n2nc(C#CCO)c3c(N)ncnc32)cc(Cl)c(C)c1-c1ccc(C(=O)N(C)C)nc1. The van der Waals surface area contributed by atoms with Crippen LogP contribution in [0.3, 0.4) is 0 Å². The summed E-state index contributed by atoms with van der Waals surface area (Å²) in [5.74, 6) is 6.11. The van der Waals surface area contributed by atoms with Gasteiger partial charge >= 0.3 is 0 Å². The highest BCUT2D eigenvalue weighted by atomic mass is 35.5. The summed E-state index contributed by atoms with van der Waals surface area (Å²) in [6, 6.07) is 4.96. The predicted octanol–water partition coefficient (Wildman–Crippen LogP) is 3.49. The summed E-state index contributed by atoms with van der Waals surface area (Å²) in [6.45, 7) is 5.83. The van der Waals surface area contributed by atoms with Crippen molar-refractivity contribution in [2.24, 2.45) is 0 Å². The molecule has 38 heavy (non-hydrogen) atoms. The molecule has 0 radical (unpaired) electrons. The summed E-state index contributed by atoms with van der Waals surface area (Å²) in [5.41, 5.74) is 10.4. The average Bonchev–Trinajstić information content (AvgIpc) is 3.29. The molecule has 11 heteroatoms. The number of ether oxygens (including phenoxy) is 1. The van der Waals surface area contributed by atoms with Crippen molar-refractivity contribution in [1.29, 1.82) is 0 Å². The second-order valence-corrected chi connectivity index (χ2v) is 9.14. The molecule has 1 amide bonds. The van der Waals surface area contributed by atoms with E-state index in [-0.39, 0.29) is 18.3 Å². The molecular weight excluding hydrogens is 506 g/mol. The maximum atomic E-state index is 12.3. The number of pyridine rings is 1. The molecule has 0 aliphatic heterocycles. The highest BCUT2D eigenvalue weighted by molar-refractivity contribution is 6.32. The Morgan fingerprint density at radius 3 is 2.68 bits per heavy atom. The zero-order valence-electron chi connectivity index (χ0n) is 21.8. The molecule has 3 heterocycles. The third-order valence-electron chi connectivity index (χ3n) is 6.09. The van der Waals surface area contributed by atoms with Gasteiger partial charge in [-0.3, -0.25) is 9.78 Å². The summed E-state index contributed by atoms with van der Waals surface area (Å²) in [4.78, 5) is 26.7. The standard InChI is InChI=1S/C27H28ClN7O3/c1-6-38-24-18(16(3)35-26-23(25(29)31-14-32-26)20(33-35)8-7-11-36)12-19(28)15(2)22(24)17-9-10-21(30-13-17)27(37)34(4)5/h9-10,12-14,16,36H,6,11H2,1-5H3,(H2,29,31,32). The van der Waals surface area contributed by atoms with E-state index < -0.39 is 6.04 Å². The molecule has 3 N–H and O–H groups in total. The zero-order valence-corrected chi connectivity index (χ0v) is 22.5. The third kappa shape index (κ3) is 4.86. The fourth-order valence-corrected chi connectivity index (χ4v) is 4.42. The number of rotatable bonds is 6. The summed E-state index contributed by atoms with van der Waals surface area (Å²) in [5, 5.41) is 14.9. The van der Waals surface area contributed by atoms with Gasteiger partial charge in [0.15, 0.2) is 5.65 Å². The number of amides is 1. The van der Waals surface area contributed by atoms with E-state index in [0.717, 1.165) is 22.3 Å². The van der Waals surface area contributed by atoms with Gasteiger partial charge in [0.05, 0.1) is 18.0 Å². The molecular formula is C27H28ClN7O3. The first kappa shape index (κ1) is 26.9. The van der Waals surface area contributed by atoms with Gasteiger partial charge in [0.1, 0.15) is 35.9 Å². The van der Waals surface area contributed by atoms with Crippen molar-refractivity contribution in [2.45, 2.75) is 26.8 Å². The van der Waals surface area contributed by atoms with E-state index in [1.165, 1.54) is 11.2 Å². The minimum Gasteiger partial charge on any atom is -0.493 e. The number of aliphatic hydroxyl groups is 1. The fraction of sp³-hybridized carbons (Fsp3) is 0.296. The van der Waals surface area contributed by atoms with Crippen LogP contribution in [-0.4, -0.2) is 68.0 Å². The lowest BCUT2D eigenvalue weighted by atomic mass is 9.94. The van der Waals surface area contributed by atoms with Crippen LogP contribution in [0.15, 0.2) is 30.7 Å². The molecule has 10 nitrogen and oxygen atoms in total. The fourth-order valence-electron chi connectivity index (χ4n) is 4.21. The van der Waals surface area contributed by atoms with Gasteiger partial charge in [-0.15, -0.1) is 0 Å². The number of benzene rings is 1. The summed E-state index contributed by atoms with van der Waals surface area (Å²) in [6.07, 6.45) is 3.01. The molecule has 1 aromatic carbocycles. The highest BCUT2D eigenvalue weighted by Gasteiger charge is 2.26. The topological polar surface area (TPSA) is 132 Å². The first-order chi connectivity index (χ1) is 18.2. The minimum absolute atomic E-state index is 0.189. The van der Waals surface area contributed by atoms with Gasteiger partial charge in [-0.25, -0.2) is 14.6 Å². The van der Waals surface area contributed by atoms with E-state index >= 15 is 0 Å². The molecule has 1 atom stereocenters. The van der Waals surface area contributed by atoms with Crippen LogP contribution in [0.25, 0.3) is 22.2 Å². The summed E-state index contributed by atoms with van der Waals surface area (Å²) >= 11 is 6.75. The third-order valence-corrected chi connectivity index (χ3v) is 6.48. The van der Waals surface area contributed by atoms with E-state index in [4.69, 9.17) is 22.1 Å². The van der Waals surface area contributed by atoms with Crippen LogP contribution >= 0.6 is 11.6 Å². The minimum atomic E-state index is -0.405. The second kappa shape index (κ2) is 11.0. The van der Waals surface area contributed by atoms with Crippen LogP contribution in [0.4, 0.5) is 5.82 Å². The van der Waals surface area contributed by atoms with Crippen molar-refractivity contribution in [1.82, 2.24) is 29.6 Å². The molecule has 0 bridgehead atoms. The Balaban J connectivity index is 1.92.